The summed E-state index contributed by atoms with van der Waals surface area (Å²) < 4.78 is 37.7. The lowest BCUT2D eigenvalue weighted by atomic mass is 10.0. The molecule has 2 saturated heterocycles. The van der Waals surface area contributed by atoms with Gasteiger partial charge in [-0.1, -0.05) is 12.1 Å². The molecule has 4 rings (SSSR count). The first kappa shape index (κ1) is 21.0. The maximum atomic E-state index is 12.8. The van der Waals surface area contributed by atoms with Crippen LogP contribution in [0.3, 0.4) is 0 Å². The fourth-order valence-corrected chi connectivity index (χ4v) is 5.14. The second-order valence-corrected chi connectivity index (χ2v) is 9.82. The smallest absolute Gasteiger partial charge is 0.316 e. The van der Waals surface area contributed by atoms with Gasteiger partial charge < -0.3 is 14.6 Å². The number of carbonyl (C=O) groups excluding carboxylic acids is 1. The molecule has 162 valence electrons. The maximum Gasteiger partial charge on any atom is 0.316 e. The largest absolute Gasteiger partial charge is 0.376 e. The predicted octanol–water partition coefficient (Wildman–Crippen LogP) is 2.07. The Morgan fingerprint density at radius 3 is 2.60 bits per heavy atom. The molecule has 1 aromatic heterocycles. The molecule has 2 aliphatic rings. The third-order valence-electron chi connectivity index (χ3n) is 5.63. The van der Waals surface area contributed by atoms with Crippen LogP contribution in [0.4, 0.5) is 0 Å². The van der Waals surface area contributed by atoms with E-state index in [9.17, 15) is 13.2 Å². The molecular weight excluding hydrogens is 408 g/mol. The third kappa shape index (κ3) is 4.55. The van der Waals surface area contributed by atoms with Gasteiger partial charge in [0.25, 0.3) is 0 Å². The Kier molecular flexibility index (Phi) is 6.16. The summed E-state index contributed by atoms with van der Waals surface area (Å²) in [5.74, 6) is 0.187. The number of sulfonamides is 1. The molecule has 1 amide bonds. The molecule has 0 spiro atoms. The van der Waals surface area contributed by atoms with Crippen LogP contribution < -0.4 is 5.32 Å². The number of carbonyl (C=O) groups is 1. The molecule has 30 heavy (non-hydrogen) atoms. The molecule has 0 aliphatic carbocycles. The van der Waals surface area contributed by atoms with Crippen molar-refractivity contribution < 1.29 is 22.5 Å². The lowest BCUT2D eigenvalue weighted by Gasteiger charge is -2.29. The number of nitrogens with zero attached hydrogens (tertiary/aromatic N) is 3. The van der Waals surface area contributed by atoms with Gasteiger partial charge in [0.05, 0.1) is 11.0 Å². The van der Waals surface area contributed by atoms with E-state index in [0.717, 1.165) is 25.7 Å². The van der Waals surface area contributed by atoms with Gasteiger partial charge in [-0.05, 0) is 55.9 Å². The minimum atomic E-state index is -3.52. The summed E-state index contributed by atoms with van der Waals surface area (Å²) in [5, 5.41) is 6.57. The Balaban J connectivity index is 1.41. The number of piperidine rings is 1. The minimum Gasteiger partial charge on any atom is -0.376 e. The van der Waals surface area contributed by atoms with Crippen molar-refractivity contribution in [2.24, 2.45) is 5.92 Å². The van der Waals surface area contributed by atoms with E-state index in [0.29, 0.717) is 37.7 Å². The van der Waals surface area contributed by atoms with E-state index < -0.39 is 15.9 Å². The fourth-order valence-electron chi connectivity index (χ4n) is 3.67. The molecule has 2 fully saturated rings. The third-order valence-corrected chi connectivity index (χ3v) is 7.54. The Bertz CT molecular complexity index is 975. The van der Waals surface area contributed by atoms with Gasteiger partial charge in [0.2, 0.25) is 15.8 Å². The first-order chi connectivity index (χ1) is 14.4. The van der Waals surface area contributed by atoms with Crippen LogP contribution in [0.25, 0.3) is 11.4 Å². The molecule has 0 bridgehead atoms. The van der Waals surface area contributed by atoms with Crippen molar-refractivity contribution in [1.82, 2.24) is 19.8 Å². The van der Waals surface area contributed by atoms with E-state index >= 15 is 0 Å². The highest BCUT2D eigenvalue weighted by atomic mass is 32.2. The lowest BCUT2D eigenvalue weighted by molar-refractivity contribution is 0.0822. The van der Waals surface area contributed by atoms with Crippen molar-refractivity contribution in [3.63, 3.8) is 0 Å². The predicted molar refractivity (Wildman–Crippen MR) is 108 cm³/mol. The van der Waals surface area contributed by atoms with Crippen LogP contribution in [-0.2, 0) is 14.8 Å². The molecule has 9 nitrogen and oxygen atoms in total. The molecule has 1 aromatic carbocycles. The molecule has 10 heteroatoms. The van der Waals surface area contributed by atoms with E-state index in [1.807, 2.05) is 0 Å². The second-order valence-electron chi connectivity index (χ2n) is 7.88. The van der Waals surface area contributed by atoms with E-state index in [4.69, 9.17) is 9.26 Å². The Labute approximate surface area is 175 Å². The molecule has 0 radical (unpaired) electrons. The molecule has 0 unspecified atom stereocenters. The van der Waals surface area contributed by atoms with Crippen molar-refractivity contribution in [2.75, 3.05) is 26.2 Å². The normalized spacial score (nSPS) is 21.0. The molecule has 3 heterocycles. The Hall–Kier alpha value is -2.30. The van der Waals surface area contributed by atoms with Crippen LogP contribution in [0.1, 0.15) is 43.3 Å². The summed E-state index contributed by atoms with van der Waals surface area (Å²) in [7, 11) is -3.52. The SMILES string of the molecule is CC1CCN(S(=O)(=O)c2ccc(-c3noc(C(=O)NC[C@@H]4CCCO4)n3)cc2)CC1. The van der Waals surface area contributed by atoms with Crippen LogP contribution in [0.5, 0.6) is 0 Å². The summed E-state index contributed by atoms with van der Waals surface area (Å²) in [6.45, 7) is 4.34. The quantitative estimate of drug-likeness (QED) is 0.740. The van der Waals surface area contributed by atoms with Crippen LogP contribution in [0, 0.1) is 5.92 Å². The number of hydrogen-bond acceptors (Lipinski definition) is 7. The number of benzene rings is 1. The first-order valence-electron chi connectivity index (χ1n) is 10.3. The number of amides is 1. The topological polar surface area (TPSA) is 115 Å². The average Bonchev–Trinajstić information content (AvgIpc) is 3.45. The molecule has 2 aromatic rings. The summed E-state index contributed by atoms with van der Waals surface area (Å²) in [6.07, 6.45) is 3.68. The van der Waals surface area contributed by atoms with Gasteiger partial charge in [0.1, 0.15) is 0 Å². The zero-order valence-corrected chi connectivity index (χ0v) is 17.7. The summed E-state index contributed by atoms with van der Waals surface area (Å²) in [4.78, 5) is 16.5. The zero-order chi connectivity index (χ0) is 21.1. The van der Waals surface area contributed by atoms with Crippen LogP contribution in [0.15, 0.2) is 33.7 Å². The second kappa shape index (κ2) is 8.83. The van der Waals surface area contributed by atoms with Crippen molar-refractivity contribution >= 4 is 15.9 Å². The van der Waals surface area contributed by atoms with Crippen molar-refractivity contribution in [3.05, 3.63) is 30.2 Å². The summed E-state index contributed by atoms with van der Waals surface area (Å²) >= 11 is 0. The minimum absolute atomic E-state index is 0.0222. The molecule has 0 saturated carbocycles. The van der Waals surface area contributed by atoms with E-state index in [1.54, 1.807) is 12.1 Å². The molecule has 2 aliphatic heterocycles. The maximum absolute atomic E-state index is 12.8. The van der Waals surface area contributed by atoms with Crippen LogP contribution >= 0.6 is 0 Å². The highest BCUT2D eigenvalue weighted by Gasteiger charge is 2.28. The van der Waals surface area contributed by atoms with Gasteiger partial charge >= 0.3 is 11.8 Å². The van der Waals surface area contributed by atoms with Crippen LogP contribution in [-0.4, -0.2) is 61.1 Å². The van der Waals surface area contributed by atoms with Gasteiger partial charge in [-0.25, -0.2) is 8.42 Å². The standard InChI is InChI=1S/C20H26N4O5S/c1-14-8-10-24(11-9-14)30(26,27)17-6-4-15(5-7-17)18-22-20(29-23-18)19(25)21-13-16-3-2-12-28-16/h4-7,14,16H,2-3,8-13H2,1H3,(H,21,25)/t16-/m0/s1. The van der Waals surface area contributed by atoms with Gasteiger partial charge in [-0.2, -0.15) is 9.29 Å². The number of nitrogens with one attached hydrogen (secondary N) is 1. The summed E-state index contributed by atoms with van der Waals surface area (Å²) in [6, 6.07) is 6.32. The molecule has 1 atom stereocenters. The van der Waals surface area contributed by atoms with Gasteiger partial charge in [0, 0.05) is 31.8 Å². The number of aromatic nitrogens is 2. The monoisotopic (exact) mass is 434 g/mol. The lowest BCUT2D eigenvalue weighted by Crippen LogP contribution is -2.37. The van der Waals surface area contributed by atoms with Crippen LogP contribution in [0.2, 0.25) is 0 Å². The summed E-state index contributed by atoms with van der Waals surface area (Å²) in [5.41, 5.74) is 0.572. The van der Waals surface area contributed by atoms with Crippen molar-refractivity contribution in [2.45, 2.75) is 43.6 Å². The Morgan fingerprint density at radius 2 is 1.93 bits per heavy atom. The van der Waals surface area contributed by atoms with E-state index in [1.165, 1.54) is 16.4 Å². The number of hydrogen-bond donors (Lipinski definition) is 1. The van der Waals surface area contributed by atoms with E-state index in [2.05, 4.69) is 22.4 Å². The highest BCUT2D eigenvalue weighted by Crippen LogP contribution is 2.25. The number of ether oxygens (including phenoxy) is 1. The van der Waals surface area contributed by atoms with Gasteiger partial charge in [0.15, 0.2) is 0 Å². The average molecular weight is 435 g/mol. The van der Waals surface area contributed by atoms with E-state index in [-0.39, 0.29) is 22.7 Å². The van der Waals surface area contributed by atoms with Crippen molar-refractivity contribution in [3.8, 4) is 11.4 Å². The Morgan fingerprint density at radius 1 is 1.20 bits per heavy atom. The van der Waals surface area contributed by atoms with Crippen molar-refractivity contribution in [1.29, 1.82) is 0 Å². The first-order valence-corrected chi connectivity index (χ1v) is 11.7. The van der Waals surface area contributed by atoms with Gasteiger partial charge in [-0.15, -0.1) is 0 Å². The molecular formula is C20H26N4O5S. The highest BCUT2D eigenvalue weighted by molar-refractivity contribution is 7.89. The zero-order valence-electron chi connectivity index (χ0n) is 16.9. The van der Waals surface area contributed by atoms with Gasteiger partial charge in [-0.3, -0.25) is 4.79 Å². The fraction of sp³-hybridized carbons (Fsp3) is 0.550. The molecule has 1 N–H and O–H groups in total. The number of rotatable bonds is 6.